The van der Waals surface area contributed by atoms with Gasteiger partial charge in [0.15, 0.2) is 5.82 Å². The summed E-state index contributed by atoms with van der Waals surface area (Å²) in [5.41, 5.74) is 5.67. The maximum atomic E-state index is 5.67. The van der Waals surface area contributed by atoms with Gasteiger partial charge in [0.2, 0.25) is 0 Å². The van der Waals surface area contributed by atoms with Gasteiger partial charge < -0.3 is 5.73 Å². The first-order chi connectivity index (χ1) is 6.66. The highest BCUT2D eigenvalue weighted by Crippen LogP contribution is 2.27. The minimum atomic E-state index is -0.111. The molecule has 0 radical (unpaired) electrons. The molecule has 0 bridgehead atoms. The Balaban J connectivity index is 2.33. The smallest absolute Gasteiger partial charge is 0.191 e. The van der Waals surface area contributed by atoms with Crippen LogP contribution in [0.2, 0.25) is 0 Å². The molecule has 74 valence electrons. The zero-order valence-electron chi connectivity index (χ0n) is 7.49. The van der Waals surface area contributed by atoms with E-state index in [1.165, 1.54) is 0 Å². The molecule has 0 amide bonds. The highest BCUT2D eigenvalue weighted by Gasteiger charge is 2.10. The van der Waals surface area contributed by atoms with E-state index in [1.54, 1.807) is 11.3 Å². The van der Waals surface area contributed by atoms with Crippen molar-refractivity contribution >= 4 is 27.3 Å². The van der Waals surface area contributed by atoms with Gasteiger partial charge in [-0.05, 0) is 28.9 Å². The average Bonchev–Trinajstić information content (AvgIpc) is 2.70. The number of rotatable bonds is 2. The van der Waals surface area contributed by atoms with E-state index in [1.807, 2.05) is 18.4 Å². The Morgan fingerprint density at radius 3 is 2.93 bits per heavy atom. The molecule has 3 N–H and O–H groups in total. The average molecular weight is 273 g/mol. The maximum absolute atomic E-state index is 5.67. The van der Waals surface area contributed by atoms with Crippen molar-refractivity contribution in [2.75, 3.05) is 0 Å². The number of thiophene rings is 1. The molecule has 0 saturated heterocycles. The molecule has 0 saturated carbocycles. The Labute approximate surface area is 93.7 Å². The third kappa shape index (κ3) is 1.87. The van der Waals surface area contributed by atoms with Gasteiger partial charge in [-0.3, -0.25) is 5.10 Å². The Hall–Kier alpha value is -0.720. The summed E-state index contributed by atoms with van der Waals surface area (Å²) < 4.78 is 1.05. The first-order valence-corrected chi connectivity index (χ1v) is 5.76. The zero-order chi connectivity index (χ0) is 10.1. The van der Waals surface area contributed by atoms with Crippen LogP contribution in [0.25, 0.3) is 10.7 Å². The van der Waals surface area contributed by atoms with Crippen molar-refractivity contribution in [2.24, 2.45) is 5.73 Å². The first-order valence-electron chi connectivity index (χ1n) is 4.09. The first kappa shape index (κ1) is 9.82. The number of nitrogens with one attached hydrogen (secondary N) is 1. The minimum absolute atomic E-state index is 0.111. The van der Waals surface area contributed by atoms with E-state index in [4.69, 9.17) is 5.73 Å². The predicted octanol–water partition coefficient (Wildman–Crippen LogP) is 2.32. The molecule has 2 aromatic rings. The summed E-state index contributed by atoms with van der Waals surface area (Å²) in [6, 6.07) is 1.87. The molecular weight excluding hydrogens is 264 g/mol. The van der Waals surface area contributed by atoms with Gasteiger partial charge in [0.05, 0.1) is 10.9 Å². The molecule has 2 rings (SSSR count). The van der Waals surface area contributed by atoms with Gasteiger partial charge in [-0.1, -0.05) is 0 Å². The summed E-state index contributed by atoms with van der Waals surface area (Å²) in [5.74, 6) is 1.41. The monoisotopic (exact) mass is 272 g/mol. The Morgan fingerprint density at radius 1 is 1.64 bits per heavy atom. The van der Waals surface area contributed by atoms with Crippen molar-refractivity contribution in [3.63, 3.8) is 0 Å². The largest absolute Gasteiger partial charge is 0.322 e. The number of nitrogens with zero attached hydrogens (tertiary/aromatic N) is 2. The third-order valence-electron chi connectivity index (χ3n) is 1.72. The van der Waals surface area contributed by atoms with Crippen LogP contribution in [0.15, 0.2) is 15.9 Å². The number of hydrogen-bond donors (Lipinski definition) is 2. The molecule has 6 heteroatoms. The van der Waals surface area contributed by atoms with Gasteiger partial charge in [0, 0.05) is 9.85 Å². The lowest BCUT2D eigenvalue weighted by molar-refractivity contribution is 0.745. The van der Waals surface area contributed by atoms with E-state index in [0.717, 1.165) is 9.35 Å². The Bertz CT molecular complexity index is 434. The molecule has 0 aromatic carbocycles. The van der Waals surface area contributed by atoms with Crippen LogP contribution in [0.1, 0.15) is 18.8 Å². The molecule has 2 aromatic heterocycles. The quantitative estimate of drug-likeness (QED) is 0.882. The van der Waals surface area contributed by atoms with Crippen molar-refractivity contribution in [1.29, 1.82) is 0 Å². The molecule has 0 aliphatic carbocycles. The SMILES string of the molecule is CC(N)c1nc(-c2cc(Br)cs2)n[nH]1. The fourth-order valence-electron chi connectivity index (χ4n) is 1.02. The highest BCUT2D eigenvalue weighted by molar-refractivity contribution is 9.10. The van der Waals surface area contributed by atoms with Gasteiger partial charge in [0.1, 0.15) is 5.82 Å². The van der Waals surface area contributed by atoms with Gasteiger partial charge in [-0.25, -0.2) is 4.98 Å². The van der Waals surface area contributed by atoms with Crippen LogP contribution in [-0.2, 0) is 0 Å². The van der Waals surface area contributed by atoms with Gasteiger partial charge in [0.25, 0.3) is 0 Å². The molecule has 1 unspecified atom stereocenters. The maximum Gasteiger partial charge on any atom is 0.191 e. The molecular formula is C8H9BrN4S. The summed E-state index contributed by atoms with van der Waals surface area (Å²) in [6.45, 7) is 1.87. The summed E-state index contributed by atoms with van der Waals surface area (Å²) in [5, 5.41) is 8.91. The highest BCUT2D eigenvalue weighted by atomic mass is 79.9. The van der Waals surface area contributed by atoms with Crippen LogP contribution >= 0.6 is 27.3 Å². The van der Waals surface area contributed by atoms with Crippen molar-refractivity contribution in [3.05, 3.63) is 21.7 Å². The summed E-state index contributed by atoms with van der Waals surface area (Å²) in [7, 11) is 0. The van der Waals surface area contributed by atoms with Gasteiger partial charge in [-0.15, -0.1) is 11.3 Å². The molecule has 0 spiro atoms. The second-order valence-electron chi connectivity index (χ2n) is 2.96. The van der Waals surface area contributed by atoms with Crippen LogP contribution in [0, 0.1) is 0 Å². The molecule has 0 aliphatic heterocycles. The van der Waals surface area contributed by atoms with Crippen LogP contribution < -0.4 is 5.73 Å². The van der Waals surface area contributed by atoms with E-state index in [2.05, 4.69) is 31.1 Å². The van der Waals surface area contributed by atoms with E-state index in [0.29, 0.717) is 11.6 Å². The predicted molar refractivity (Wildman–Crippen MR) is 60.0 cm³/mol. The van der Waals surface area contributed by atoms with Crippen LogP contribution in [0.4, 0.5) is 0 Å². The lowest BCUT2D eigenvalue weighted by Crippen LogP contribution is -2.06. The third-order valence-corrected chi connectivity index (χ3v) is 3.41. The number of aromatic amines is 1. The number of hydrogen-bond acceptors (Lipinski definition) is 4. The van der Waals surface area contributed by atoms with E-state index < -0.39 is 0 Å². The topological polar surface area (TPSA) is 67.6 Å². The number of halogens is 1. The van der Waals surface area contributed by atoms with Crippen LogP contribution in [0.5, 0.6) is 0 Å². The summed E-state index contributed by atoms with van der Waals surface area (Å²) in [4.78, 5) is 5.32. The second-order valence-corrected chi connectivity index (χ2v) is 4.79. The Kier molecular flexibility index (Phi) is 2.66. The molecule has 0 aliphatic rings. The number of aromatic nitrogens is 3. The molecule has 1 atom stereocenters. The molecule has 0 fully saturated rings. The van der Waals surface area contributed by atoms with Crippen molar-refractivity contribution in [3.8, 4) is 10.7 Å². The minimum Gasteiger partial charge on any atom is -0.322 e. The van der Waals surface area contributed by atoms with Crippen LogP contribution in [-0.4, -0.2) is 15.2 Å². The van der Waals surface area contributed by atoms with E-state index in [-0.39, 0.29) is 6.04 Å². The normalized spacial score (nSPS) is 13.1. The molecule has 2 heterocycles. The van der Waals surface area contributed by atoms with Gasteiger partial charge >= 0.3 is 0 Å². The van der Waals surface area contributed by atoms with Crippen LogP contribution in [0.3, 0.4) is 0 Å². The second kappa shape index (κ2) is 3.80. The van der Waals surface area contributed by atoms with E-state index in [9.17, 15) is 0 Å². The lowest BCUT2D eigenvalue weighted by Gasteiger charge is -1.95. The summed E-state index contributed by atoms with van der Waals surface area (Å²) >= 11 is 4.98. The fraction of sp³-hybridized carbons (Fsp3) is 0.250. The lowest BCUT2D eigenvalue weighted by atomic mass is 10.3. The van der Waals surface area contributed by atoms with Crippen molar-refractivity contribution < 1.29 is 0 Å². The van der Waals surface area contributed by atoms with E-state index >= 15 is 0 Å². The number of H-pyrrole nitrogens is 1. The standard InChI is InChI=1S/C8H9BrN4S/c1-4(10)7-11-8(13-12-7)6-2-5(9)3-14-6/h2-4H,10H2,1H3,(H,11,12,13). The van der Waals surface area contributed by atoms with Gasteiger partial charge in [-0.2, -0.15) is 5.10 Å². The Morgan fingerprint density at radius 2 is 2.43 bits per heavy atom. The number of nitrogens with two attached hydrogens (primary N) is 1. The fourth-order valence-corrected chi connectivity index (χ4v) is 2.38. The van der Waals surface area contributed by atoms with Crippen molar-refractivity contribution in [2.45, 2.75) is 13.0 Å². The molecule has 4 nitrogen and oxygen atoms in total. The summed E-state index contributed by atoms with van der Waals surface area (Å²) in [6.07, 6.45) is 0. The molecule has 14 heavy (non-hydrogen) atoms. The zero-order valence-corrected chi connectivity index (χ0v) is 9.89. The van der Waals surface area contributed by atoms with Crippen molar-refractivity contribution in [1.82, 2.24) is 15.2 Å².